The van der Waals surface area contributed by atoms with Crippen molar-refractivity contribution in [2.45, 2.75) is 32.9 Å². The van der Waals surface area contributed by atoms with Gasteiger partial charge in [-0.05, 0) is 18.1 Å². The number of carbonyl (C=O) groups excluding carboxylic acids is 1. The SMILES string of the molecule is CCC(C)C(NCc1ccc(Cl)s1)C(=O)OC. The quantitative estimate of drug-likeness (QED) is 0.811. The molecule has 3 nitrogen and oxygen atoms in total. The molecule has 17 heavy (non-hydrogen) atoms. The number of hydrogen-bond acceptors (Lipinski definition) is 4. The van der Waals surface area contributed by atoms with Gasteiger partial charge in [-0.1, -0.05) is 31.9 Å². The van der Waals surface area contributed by atoms with E-state index in [4.69, 9.17) is 16.3 Å². The van der Waals surface area contributed by atoms with Crippen molar-refractivity contribution in [3.63, 3.8) is 0 Å². The van der Waals surface area contributed by atoms with Crippen LogP contribution in [-0.2, 0) is 16.1 Å². The molecule has 1 aromatic rings. The van der Waals surface area contributed by atoms with Gasteiger partial charge >= 0.3 is 5.97 Å². The summed E-state index contributed by atoms with van der Waals surface area (Å²) in [5.41, 5.74) is 0. The van der Waals surface area contributed by atoms with Crippen LogP contribution in [0.5, 0.6) is 0 Å². The number of esters is 1. The van der Waals surface area contributed by atoms with E-state index in [1.165, 1.54) is 18.4 Å². The van der Waals surface area contributed by atoms with E-state index in [-0.39, 0.29) is 17.9 Å². The van der Waals surface area contributed by atoms with Gasteiger partial charge in [0.1, 0.15) is 6.04 Å². The van der Waals surface area contributed by atoms with Crippen molar-refractivity contribution in [2.75, 3.05) is 7.11 Å². The van der Waals surface area contributed by atoms with Crippen molar-refractivity contribution in [1.82, 2.24) is 5.32 Å². The topological polar surface area (TPSA) is 38.3 Å². The summed E-state index contributed by atoms with van der Waals surface area (Å²) < 4.78 is 5.57. The molecule has 96 valence electrons. The predicted octanol–water partition coefficient (Wildman–Crippen LogP) is 3.08. The maximum absolute atomic E-state index is 11.6. The Morgan fingerprint density at radius 1 is 1.59 bits per heavy atom. The summed E-state index contributed by atoms with van der Waals surface area (Å²) in [5.74, 6) is 0.0416. The van der Waals surface area contributed by atoms with Gasteiger partial charge in [-0.2, -0.15) is 0 Å². The Morgan fingerprint density at radius 2 is 2.29 bits per heavy atom. The lowest BCUT2D eigenvalue weighted by atomic mass is 9.99. The number of halogens is 1. The zero-order chi connectivity index (χ0) is 12.8. The second-order valence-electron chi connectivity index (χ2n) is 3.97. The highest BCUT2D eigenvalue weighted by Gasteiger charge is 2.24. The molecule has 2 unspecified atom stereocenters. The molecule has 0 aliphatic rings. The highest BCUT2D eigenvalue weighted by molar-refractivity contribution is 7.16. The molecule has 0 aliphatic carbocycles. The molecule has 1 rings (SSSR count). The van der Waals surface area contributed by atoms with Crippen LogP contribution in [0.2, 0.25) is 4.34 Å². The van der Waals surface area contributed by atoms with Crippen molar-refractivity contribution < 1.29 is 9.53 Å². The normalized spacial score (nSPS) is 14.4. The van der Waals surface area contributed by atoms with Crippen LogP contribution in [0.15, 0.2) is 12.1 Å². The molecule has 0 bridgehead atoms. The molecule has 5 heteroatoms. The maximum Gasteiger partial charge on any atom is 0.323 e. The number of methoxy groups -OCH3 is 1. The van der Waals surface area contributed by atoms with Gasteiger partial charge in [0, 0.05) is 11.4 Å². The van der Waals surface area contributed by atoms with Crippen molar-refractivity contribution in [3.8, 4) is 0 Å². The highest BCUT2D eigenvalue weighted by atomic mass is 35.5. The largest absolute Gasteiger partial charge is 0.468 e. The van der Waals surface area contributed by atoms with Gasteiger partial charge in [0.05, 0.1) is 11.4 Å². The molecule has 0 saturated carbocycles. The lowest BCUT2D eigenvalue weighted by Crippen LogP contribution is -2.42. The molecular formula is C12H18ClNO2S. The molecule has 0 amide bonds. The zero-order valence-corrected chi connectivity index (χ0v) is 11.9. The number of rotatable bonds is 6. The van der Waals surface area contributed by atoms with Crippen LogP contribution in [0.3, 0.4) is 0 Å². The third kappa shape index (κ3) is 4.30. The number of hydrogen-bond donors (Lipinski definition) is 1. The van der Waals surface area contributed by atoms with Crippen molar-refractivity contribution in [2.24, 2.45) is 5.92 Å². The van der Waals surface area contributed by atoms with E-state index in [0.29, 0.717) is 6.54 Å². The molecule has 0 saturated heterocycles. The molecule has 1 aromatic heterocycles. The molecule has 2 atom stereocenters. The van der Waals surface area contributed by atoms with E-state index < -0.39 is 0 Å². The van der Waals surface area contributed by atoms with Crippen LogP contribution >= 0.6 is 22.9 Å². The Bertz CT molecular complexity index is 367. The van der Waals surface area contributed by atoms with Gasteiger partial charge < -0.3 is 4.74 Å². The zero-order valence-electron chi connectivity index (χ0n) is 10.3. The van der Waals surface area contributed by atoms with Gasteiger partial charge in [0.25, 0.3) is 0 Å². The van der Waals surface area contributed by atoms with E-state index >= 15 is 0 Å². The first-order valence-corrected chi connectivity index (χ1v) is 6.83. The lowest BCUT2D eigenvalue weighted by molar-refractivity contribution is -0.144. The summed E-state index contributed by atoms with van der Waals surface area (Å²) in [6.07, 6.45) is 0.929. The molecule has 1 N–H and O–H groups in total. The van der Waals surface area contributed by atoms with E-state index in [1.54, 1.807) is 0 Å². The fraction of sp³-hybridized carbons (Fsp3) is 0.583. The molecular weight excluding hydrogens is 258 g/mol. The third-order valence-corrected chi connectivity index (χ3v) is 4.02. The summed E-state index contributed by atoms with van der Waals surface area (Å²) >= 11 is 7.37. The molecule has 0 aliphatic heterocycles. The first-order valence-electron chi connectivity index (χ1n) is 5.63. The molecule has 1 heterocycles. The summed E-state index contributed by atoms with van der Waals surface area (Å²) in [6, 6.07) is 3.57. The van der Waals surface area contributed by atoms with Crippen LogP contribution in [-0.4, -0.2) is 19.1 Å². The Hall–Kier alpha value is -0.580. The number of ether oxygens (including phenoxy) is 1. The monoisotopic (exact) mass is 275 g/mol. The van der Waals surface area contributed by atoms with E-state index in [9.17, 15) is 4.79 Å². The van der Waals surface area contributed by atoms with E-state index in [1.807, 2.05) is 19.1 Å². The van der Waals surface area contributed by atoms with Crippen LogP contribution in [0.25, 0.3) is 0 Å². The summed E-state index contributed by atoms with van der Waals surface area (Å²) in [4.78, 5) is 12.7. The first kappa shape index (κ1) is 14.5. The fourth-order valence-electron chi connectivity index (χ4n) is 1.54. The maximum atomic E-state index is 11.6. The highest BCUT2D eigenvalue weighted by Crippen LogP contribution is 2.21. The summed E-state index contributed by atoms with van der Waals surface area (Å²) in [5, 5.41) is 3.23. The average Bonchev–Trinajstić information content (AvgIpc) is 2.74. The minimum absolute atomic E-state index is 0.206. The first-order chi connectivity index (χ1) is 8.08. The summed E-state index contributed by atoms with van der Waals surface area (Å²) in [7, 11) is 1.42. The summed E-state index contributed by atoms with van der Waals surface area (Å²) in [6.45, 7) is 4.74. The predicted molar refractivity (Wildman–Crippen MR) is 71.4 cm³/mol. The Labute approximate surface area is 111 Å². The van der Waals surface area contributed by atoms with Crippen molar-refractivity contribution >= 4 is 28.9 Å². The molecule has 0 spiro atoms. The van der Waals surface area contributed by atoms with Gasteiger partial charge in [0.15, 0.2) is 0 Å². The number of carbonyl (C=O) groups is 1. The van der Waals surface area contributed by atoms with Gasteiger partial charge in [-0.15, -0.1) is 11.3 Å². The molecule has 0 radical (unpaired) electrons. The van der Waals surface area contributed by atoms with Gasteiger partial charge in [-0.25, -0.2) is 0 Å². The second-order valence-corrected chi connectivity index (χ2v) is 5.77. The smallest absolute Gasteiger partial charge is 0.323 e. The third-order valence-electron chi connectivity index (χ3n) is 2.79. The van der Waals surface area contributed by atoms with Crippen LogP contribution in [0, 0.1) is 5.92 Å². The van der Waals surface area contributed by atoms with Crippen molar-refractivity contribution in [3.05, 3.63) is 21.3 Å². The molecule has 0 aromatic carbocycles. The number of nitrogens with one attached hydrogen (secondary N) is 1. The lowest BCUT2D eigenvalue weighted by Gasteiger charge is -2.21. The average molecular weight is 276 g/mol. The van der Waals surface area contributed by atoms with Crippen LogP contribution in [0.1, 0.15) is 25.1 Å². The van der Waals surface area contributed by atoms with E-state index in [2.05, 4.69) is 12.2 Å². The Kier molecular flexibility index (Phi) is 5.95. The van der Waals surface area contributed by atoms with E-state index in [0.717, 1.165) is 15.6 Å². The number of thiophene rings is 1. The Balaban J connectivity index is 2.57. The minimum atomic E-state index is -0.258. The van der Waals surface area contributed by atoms with Crippen molar-refractivity contribution in [1.29, 1.82) is 0 Å². The minimum Gasteiger partial charge on any atom is -0.468 e. The van der Waals surface area contributed by atoms with Crippen LogP contribution in [0.4, 0.5) is 0 Å². The van der Waals surface area contributed by atoms with Gasteiger partial charge in [-0.3, -0.25) is 10.1 Å². The van der Waals surface area contributed by atoms with Gasteiger partial charge in [0.2, 0.25) is 0 Å². The standard InChI is InChI=1S/C12H18ClNO2S/c1-4-8(2)11(12(15)16-3)14-7-9-5-6-10(13)17-9/h5-6,8,11,14H,4,7H2,1-3H3. The second kappa shape index (κ2) is 6.99. The molecule has 0 fully saturated rings. The van der Waals surface area contributed by atoms with Crippen LogP contribution < -0.4 is 5.32 Å². The fourth-order valence-corrected chi connectivity index (χ4v) is 2.58. The Morgan fingerprint density at radius 3 is 2.76 bits per heavy atom.